The average Bonchev–Trinajstić information content (AvgIpc) is 2.70. The maximum Gasteiger partial charge on any atom is 0.0742 e. The third-order valence-corrected chi connectivity index (χ3v) is 2.61. The van der Waals surface area contributed by atoms with Crippen LogP contribution >= 0.6 is 12.2 Å². The van der Waals surface area contributed by atoms with E-state index in [9.17, 15) is 0 Å². The summed E-state index contributed by atoms with van der Waals surface area (Å²) in [6.07, 6.45) is 3.57. The first kappa shape index (κ1) is 9.93. The molecule has 0 bridgehead atoms. The fourth-order valence-electron chi connectivity index (χ4n) is 1.74. The normalized spacial score (nSPS) is 19.6. The molecule has 1 rings (SSSR count). The lowest BCUT2D eigenvalue weighted by atomic mass is 10.2. The Kier molecular flexibility index (Phi) is 3.47. The summed E-state index contributed by atoms with van der Waals surface area (Å²) in [6.45, 7) is 5.53. The number of nitrogens with two attached hydrogens (primary N) is 1. The summed E-state index contributed by atoms with van der Waals surface area (Å²) < 4.78 is 0. The molecule has 1 atom stereocenters. The van der Waals surface area contributed by atoms with Gasteiger partial charge in [-0.1, -0.05) is 19.1 Å². The van der Waals surface area contributed by atoms with Crippen LogP contribution in [0.25, 0.3) is 0 Å². The SMILES string of the molecule is CCN(C(C)CC(N)=S)C1CC1. The predicted octanol–water partition coefficient (Wildman–Crippen LogP) is 1.54. The minimum atomic E-state index is 0.528. The van der Waals surface area contributed by atoms with Crippen molar-refractivity contribution >= 4 is 17.2 Å². The van der Waals surface area contributed by atoms with Crippen molar-refractivity contribution in [2.24, 2.45) is 5.73 Å². The van der Waals surface area contributed by atoms with Gasteiger partial charge in [-0.2, -0.15) is 0 Å². The maximum atomic E-state index is 5.51. The Morgan fingerprint density at radius 3 is 2.58 bits per heavy atom. The number of rotatable bonds is 5. The topological polar surface area (TPSA) is 29.3 Å². The molecular weight excluding hydrogens is 168 g/mol. The second-order valence-electron chi connectivity index (χ2n) is 3.58. The molecule has 0 saturated heterocycles. The van der Waals surface area contributed by atoms with E-state index in [2.05, 4.69) is 18.7 Å². The highest BCUT2D eigenvalue weighted by Gasteiger charge is 2.30. The largest absolute Gasteiger partial charge is 0.393 e. The van der Waals surface area contributed by atoms with Crippen molar-refractivity contribution in [3.63, 3.8) is 0 Å². The molecule has 2 N–H and O–H groups in total. The minimum Gasteiger partial charge on any atom is -0.393 e. The minimum absolute atomic E-state index is 0.528. The van der Waals surface area contributed by atoms with Crippen LogP contribution in [0.3, 0.4) is 0 Å². The van der Waals surface area contributed by atoms with Crippen molar-refractivity contribution in [2.75, 3.05) is 6.54 Å². The van der Waals surface area contributed by atoms with E-state index in [1.165, 1.54) is 12.8 Å². The van der Waals surface area contributed by atoms with E-state index in [-0.39, 0.29) is 0 Å². The monoisotopic (exact) mass is 186 g/mol. The van der Waals surface area contributed by atoms with E-state index in [1.807, 2.05) is 0 Å². The Bertz CT molecular complexity index is 166. The lowest BCUT2D eigenvalue weighted by molar-refractivity contribution is 0.214. The van der Waals surface area contributed by atoms with Crippen LogP contribution in [-0.2, 0) is 0 Å². The van der Waals surface area contributed by atoms with Gasteiger partial charge in [0.1, 0.15) is 0 Å². The zero-order valence-corrected chi connectivity index (χ0v) is 8.73. The van der Waals surface area contributed by atoms with E-state index >= 15 is 0 Å². The summed E-state index contributed by atoms with van der Waals surface area (Å²) in [4.78, 5) is 3.14. The van der Waals surface area contributed by atoms with Crippen LogP contribution in [0.15, 0.2) is 0 Å². The summed E-state index contributed by atoms with van der Waals surface area (Å²) in [5.41, 5.74) is 5.51. The standard InChI is InChI=1S/C9H18N2S/c1-3-11(8-4-5-8)7(2)6-9(10)12/h7-8H,3-6H2,1-2H3,(H2,10,12). The predicted molar refractivity (Wildman–Crippen MR) is 56.3 cm³/mol. The van der Waals surface area contributed by atoms with Crippen LogP contribution in [0.5, 0.6) is 0 Å². The summed E-state index contributed by atoms with van der Waals surface area (Å²) in [5.74, 6) is 0. The van der Waals surface area contributed by atoms with Crippen LogP contribution in [0.4, 0.5) is 0 Å². The van der Waals surface area contributed by atoms with Gasteiger partial charge >= 0.3 is 0 Å². The molecule has 12 heavy (non-hydrogen) atoms. The molecule has 0 aromatic rings. The highest BCUT2D eigenvalue weighted by molar-refractivity contribution is 7.80. The Morgan fingerprint density at radius 2 is 2.25 bits per heavy atom. The molecule has 0 spiro atoms. The van der Waals surface area contributed by atoms with Crippen molar-refractivity contribution in [1.29, 1.82) is 0 Å². The highest BCUT2D eigenvalue weighted by atomic mass is 32.1. The molecule has 0 radical (unpaired) electrons. The summed E-state index contributed by atoms with van der Waals surface area (Å²) >= 11 is 4.90. The first-order valence-electron chi connectivity index (χ1n) is 4.69. The zero-order valence-electron chi connectivity index (χ0n) is 7.92. The summed E-state index contributed by atoms with van der Waals surface area (Å²) in [6, 6.07) is 1.35. The highest BCUT2D eigenvalue weighted by Crippen LogP contribution is 2.28. The fraction of sp³-hybridized carbons (Fsp3) is 0.889. The number of thiocarbonyl (C=S) groups is 1. The molecule has 0 aromatic heterocycles. The smallest absolute Gasteiger partial charge is 0.0742 e. The van der Waals surface area contributed by atoms with E-state index < -0.39 is 0 Å². The third kappa shape index (κ3) is 2.72. The molecule has 0 amide bonds. The third-order valence-electron chi connectivity index (χ3n) is 2.44. The van der Waals surface area contributed by atoms with Crippen molar-refractivity contribution in [3.05, 3.63) is 0 Å². The molecule has 3 heteroatoms. The lowest BCUT2D eigenvalue weighted by Crippen LogP contribution is -2.37. The van der Waals surface area contributed by atoms with E-state index in [0.29, 0.717) is 11.0 Å². The van der Waals surface area contributed by atoms with Gasteiger partial charge in [-0.3, -0.25) is 4.90 Å². The molecule has 70 valence electrons. The van der Waals surface area contributed by atoms with Gasteiger partial charge in [0.2, 0.25) is 0 Å². The first-order valence-corrected chi connectivity index (χ1v) is 5.10. The van der Waals surface area contributed by atoms with E-state index in [0.717, 1.165) is 19.0 Å². The average molecular weight is 186 g/mol. The van der Waals surface area contributed by atoms with Gasteiger partial charge in [0.05, 0.1) is 4.99 Å². The molecule has 1 unspecified atom stereocenters. The quantitative estimate of drug-likeness (QED) is 0.660. The maximum absolute atomic E-state index is 5.51. The lowest BCUT2D eigenvalue weighted by Gasteiger charge is -2.27. The van der Waals surface area contributed by atoms with E-state index in [4.69, 9.17) is 18.0 Å². The number of nitrogens with zero attached hydrogens (tertiary/aromatic N) is 1. The number of hydrogen-bond acceptors (Lipinski definition) is 2. The second kappa shape index (κ2) is 4.19. The Hall–Kier alpha value is -0.150. The molecular formula is C9H18N2S. The summed E-state index contributed by atoms with van der Waals surface area (Å²) in [7, 11) is 0. The van der Waals surface area contributed by atoms with Crippen molar-refractivity contribution in [1.82, 2.24) is 4.90 Å². The second-order valence-corrected chi connectivity index (χ2v) is 4.11. The van der Waals surface area contributed by atoms with Crippen LogP contribution in [0, 0.1) is 0 Å². The summed E-state index contributed by atoms with van der Waals surface area (Å²) in [5, 5.41) is 0. The van der Waals surface area contributed by atoms with Crippen LogP contribution in [-0.4, -0.2) is 28.5 Å². The first-order chi connectivity index (χ1) is 5.65. The van der Waals surface area contributed by atoms with Gasteiger partial charge in [0, 0.05) is 18.5 Å². The van der Waals surface area contributed by atoms with Crippen LogP contribution in [0.1, 0.15) is 33.1 Å². The Labute approximate surface area is 80.1 Å². The molecule has 1 saturated carbocycles. The molecule has 1 aliphatic rings. The fourth-order valence-corrected chi connectivity index (χ4v) is 1.99. The van der Waals surface area contributed by atoms with Crippen molar-refractivity contribution in [2.45, 2.75) is 45.2 Å². The van der Waals surface area contributed by atoms with Crippen molar-refractivity contribution < 1.29 is 0 Å². The molecule has 0 heterocycles. The Balaban J connectivity index is 2.35. The van der Waals surface area contributed by atoms with Gasteiger partial charge in [-0.25, -0.2) is 0 Å². The molecule has 0 aliphatic heterocycles. The van der Waals surface area contributed by atoms with Gasteiger partial charge in [-0.15, -0.1) is 0 Å². The molecule has 1 fully saturated rings. The zero-order chi connectivity index (χ0) is 9.14. The van der Waals surface area contributed by atoms with Gasteiger partial charge in [0.25, 0.3) is 0 Å². The van der Waals surface area contributed by atoms with Crippen molar-refractivity contribution in [3.8, 4) is 0 Å². The van der Waals surface area contributed by atoms with Crippen LogP contribution in [0.2, 0.25) is 0 Å². The Morgan fingerprint density at radius 1 is 1.67 bits per heavy atom. The number of hydrogen-bond donors (Lipinski definition) is 1. The van der Waals surface area contributed by atoms with Gasteiger partial charge in [0.15, 0.2) is 0 Å². The van der Waals surface area contributed by atoms with E-state index in [1.54, 1.807) is 0 Å². The molecule has 2 nitrogen and oxygen atoms in total. The van der Waals surface area contributed by atoms with Gasteiger partial charge < -0.3 is 5.73 Å². The molecule has 0 aromatic carbocycles. The molecule has 1 aliphatic carbocycles. The van der Waals surface area contributed by atoms with Gasteiger partial charge in [-0.05, 0) is 26.3 Å². The van der Waals surface area contributed by atoms with Crippen LogP contribution < -0.4 is 5.73 Å².